The fourth-order valence-corrected chi connectivity index (χ4v) is 1.54. The second-order valence-corrected chi connectivity index (χ2v) is 4.64. The summed E-state index contributed by atoms with van der Waals surface area (Å²) in [6, 6.07) is 2.89. The predicted molar refractivity (Wildman–Crippen MR) is 64.0 cm³/mol. The van der Waals surface area contributed by atoms with Gasteiger partial charge in [-0.05, 0) is 30.5 Å². The molecule has 2 atom stereocenters. The zero-order valence-corrected chi connectivity index (χ0v) is 10.8. The summed E-state index contributed by atoms with van der Waals surface area (Å²) >= 11 is 0. The maximum atomic E-state index is 13.1. The molecule has 0 saturated heterocycles. The minimum atomic E-state index is -4.69. The molecule has 0 saturated carbocycles. The van der Waals surface area contributed by atoms with E-state index in [4.69, 9.17) is 5.11 Å². The Balaban J connectivity index is 2.76. The Kier molecular flexibility index (Phi) is 5.31. The van der Waals surface area contributed by atoms with E-state index in [1.54, 1.807) is 0 Å². The Hall–Kier alpha value is -1.14. The van der Waals surface area contributed by atoms with Crippen molar-refractivity contribution in [2.24, 2.45) is 5.92 Å². The maximum absolute atomic E-state index is 13.1. The molecule has 19 heavy (non-hydrogen) atoms. The average Bonchev–Trinajstić information content (AvgIpc) is 2.35. The van der Waals surface area contributed by atoms with Gasteiger partial charge in [0, 0.05) is 19.2 Å². The van der Waals surface area contributed by atoms with E-state index >= 15 is 0 Å². The molecule has 0 radical (unpaired) electrons. The molecule has 0 spiro atoms. The fraction of sp³-hybridized carbons (Fsp3) is 0.538. The second-order valence-electron chi connectivity index (χ2n) is 4.64. The Bertz CT molecular complexity index is 420. The lowest BCUT2D eigenvalue weighted by atomic mass is 10.0. The lowest BCUT2D eigenvalue weighted by Gasteiger charge is -2.19. The molecule has 1 aromatic rings. The third-order valence-electron chi connectivity index (χ3n) is 3.11. The molecule has 2 unspecified atom stereocenters. The van der Waals surface area contributed by atoms with Crippen LogP contribution in [0.1, 0.15) is 25.0 Å². The Morgan fingerprint density at radius 1 is 1.26 bits per heavy atom. The predicted octanol–water partition coefficient (Wildman–Crippen LogP) is 2.95. The number of rotatable bonds is 5. The van der Waals surface area contributed by atoms with Gasteiger partial charge in [-0.25, -0.2) is 4.39 Å². The van der Waals surface area contributed by atoms with Crippen LogP contribution in [0, 0.1) is 11.7 Å². The molecule has 0 aliphatic heterocycles. The standard InChI is InChI=1S/C13H17F4NO/c1-8(7-19)9(2)18-6-10-3-4-12(14)11(5-10)13(15,16)17/h3-5,8-9,18-19H,6-7H2,1-2H3. The smallest absolute Gasteiger partial charge is 0.396 e. The molecule has 0 aliphatic carbocycles. The topological polar surface area (TPSA) is 32.3 Å². The molecule has 6 heteroatoms. The van der Waals surface area contributed by atoms with Crippen molar-refractivity contribution >= 4 is 0 Å². The van der Waals surface area contributed by atoms with Crippen molar-refractivity contribution in [3.8, 4) is 0 Å². The Morgan fingerprint density at radius 3 is 2.42 bits per heavy atom. The van der Waals surface area contributed by atoms with Gasteiger partial charge in [-0.15, -0.1) is 0 Å². The normalized spacial score (nSPS) is 15.3. The van der Waals surface area contributed by atoms with E-state index in [1.165, 1.54) is 6.07 Å². The summed E-state index contributed by atoms with van der Waals surface area (Å²) in [5, 5.41) is 11.9. The van der Waals surface area contributed by atoms with Gasteiger partial charge in [-0.1, -0.05) is 13.0 Å². The molecule has 1 rings (SSSR count). The summed E-state index contributed by atoms with van der Waals surface area (Å²) in [6.45, 7) is 3.83. The molecule has 2 nitrogen and oxygen atoms in total. The van der Waals surface area contributed by atoms with Crippen LogP contribution in [0.4, 0.5) is 17.6 Å². The molecule has 0 fully saturated rings. The lowest BCUT2D eigenvalue weighted by molar-refractivity contribution is -0.140. The minimum Gasteiger partial charge on any atom is -0.396 e. The van der Waals surface area contributed by atoms with E-state index < -0.39 is 17.6 Å². The van der Waals surface area contributed by atoms with Gasteiger partial charge in [0.1, 0.15) is 5.82 Å². The Labute approximate surface area is 109 Å². The molecule has 2 N–H and O–H groups in total. The highest BCUT2D eigenvalue weighted by atomic mass is 19.4. The van der Waals surface area contributed by atoms with Crippen molar-refractivity contribution in [1.82, 2.24) is 5.32 Å². The highest BCUT2D eigenvalue weighted by molar-refractivity contribution is 5.27. The number of aliphatic hydroxyl groups excluding tert-OH is 1. The molecule has 0 bridgehead atoms. The summed E-state index contributed by atoms with van der Waals surface area (Å²) in [4.78, 5) is 0. The summed E-state index contributed by atoms with van der Waals surface area (Å²) < 4.78 is 50.6. The lowest BCUT2D eigenvalue weighted by Crippen LogP contribution is -2.33. The molecule has 0 aromatic heterocycles. The van der Waals surface area contributed by atoms with Crippen molar-refractivity contribution in [1.29, 1.82) is 0 Å². The van der Waals surface area contributed by atoms with Crippen molar-refractivity contribution in [3.63, 3.8) is 0 Å². The number of hydrogen-bond donors (Lipinski definition) is 2. The maximum Gasteiger partial charge on any atom is 0.419 e. The average molecular weight is 279 g/mol. The molecule has 0 amide bonds. The summed E-state index contributed by atoms with van der Waals surface area (Å²) in [7, 11) is 0. The van der Waals surface area contributed by atoms with E-state index in [0.717, 1.165) is 12.1 Å². The number of halogens is 4. The monoisotopic (exact) mass is 279 g/mol. The SMILES string of the molecule is CC(CO)C(C)NCc1ccc(F)c(C(F)(F)F)c1. The first-order valence-corrected chi connectivity index (χ1v) is 5.95. The minimum absolute atomic E-state index is 0.00855. The van der Waals surface area contributed by atoms with Crippen LogP contribution in [-0.4, -0.2) is 17.8 Å². The number of nitrogens with one attached hydrogen (secondary N) is 1. The first-order chi connectivity index (χ1) is 8.75. The zero-order chi connectivity index (χ0) is 14.6. The van der Waals surface area contributed by atoms with Crippen LogP contribution in [0.5, 0.6) is 0 Å². The van der Waals surface area contributed by atoms with Gasteiger partial charge < -0.3 is 10.4 Å². The van der Waals surface area contributed by atoms with E-state index in [2.05, 4.69) is 5.32 Å². The summed E-state index contributed by atoms with van der Waals surface area (Å²) in [5.41, 5.74) is -0.902. The van der Waals surface area contributed by atoms with Gasteiger partial charge >= 0.3 is 6.18 Å². The first kappa shape index (κ1) is 15.9. The van der Waals surface area contributed by atoms with Gasteiger partial charge in [-0.2, -0.15) is 13.2 Å². The van der Waals surface area contributed by atoms with Crippen LogP contribution in [-0.2, 0) is 12.7 Å². The third-order valence-corrected chi connectivity index (χ3v) is 3.11. The number of alkyl halides is 3. The van der Waals surface area contributed by atoms with Crippen LogP contribution >= 0.6 is 0 Å². The first-order valence-electron chi connectivity index (χ1n) is 5.95. The van der Waals surface area contributed by atoms with Gasteiger partial charge in [0.05, 0.1) is 5.56 Å². The quantitative estimate of drug-likeness (QED) is 0.812. The van der Waals surface area contributed by atoms with Crippen LogP contribution in [0.2, 0.25) is 0 Å². The van der Waals surface area contributed by atoms with E-state index in [9.17, 15) is 17.6 Å². The number of aliphatic hydroxyl groups is 1. The van der Waals surface area contributed by atoms with Gasteiger partial charge in [-0.3, -0.25) is 0 Å². The molecule has 0 heterocycles. The summed E-state index contributed by atoms with van der Waals surface area (Å²) in [6.07, 6.45) is -4.69. The van der Waals surface area contributed by atoms with E-state index in [1.807, 2.05) is 13.8 Å². The molecule has 0 aliphatic rings. The second kappa shape index (κ2) is 6.34. The van der Waals surface area contributed by atoms with Crippen LogP contribution in [0.15, 0.2) is 18.2 Å². The van der Waals surface area contributed by atoms with Gasteiger partial charge in [0.15, 0.2) is 0 Å². The van der Waals surface area contributed by atoms with Crippen LogP contribution in [0.3, 0.4) is 0 Å². The van der Waals surface area contributed by atoms with Crippen LogP contribution in [0.25, 0.3) is 0 Å². The van der Waals surface area contributed by atoms with Gasteiger partial charge in [0.2, 0.25) is 0 Å². The number of benzene rings is 1. The molecule has 108 valence electrons. The Morgan fingerprint density at radius 2 is 1.89 bits per heavy atom. The number of hydrogen-bond acceptors (Lipinski definition) is 2. The highest BCUT2D eigenvalue weighted by Crippen LogP contribution is 2.31. The van der Waals surface area contributed by atoms with Gasteiger partial charge in [0.25, 0.3) is 0 Å². The summed E-state index contributed by atoms with van der Waals surface area (Å²) in [5.74, 6) is -1.28. The van der Waals surface area contributed by atoms with Crippen molar-refractivity contribution in [2.75, 3.05) is 6.61 Å². The van der Waals surface area contributed by atoms with E-state index in [-0.39, 0.29) is 25.1 Å². The molecule has 1 aromatic carbocycles. The van der Waals surface area contributed by atoms with Crippen molar-refractivity contribution < 1.29 is 22.7 Å². The molecular weight excluding hydrogens is 262 g/mol. The highest BCUT2D eigenvalue weighted by Gasteiger charge is 2.34. The third kappa shape index (κ3) is 4.47. The molecular formula is C13H17F4NO. The van der Waals surface area contributed by atoms with Crippen molar-refractivity contribution in [2.45, 2.75) is 32.6 Å². The van der Waals surface area contributed by atoms with Crippen LogP contribution < -0.4 is 5.32 Å². The zero-order valence-electron chi connectivity index (χ0n) is 10.8. The van der Waals surface area contributed by atoms with Crippen molar-refractivity contribution in [3.05, 3.63) is 35.1 Å². The fourth-order valence-electron chi connectivity index (χ4n) is 1.54. The largest absolute Gasteiger partial charge is 0.419 e. The van der Waals surface area contributed by atoms with E-state index in [0.29, 0.717) is 5.56 Å².